The molecule has 0 fully saturated rings. The Labute approximate surface area is 192 Å². The van der Waals surface area contributed by atoms with Crippen LogP contribution >= 0.6 is 0 Å². The molecule has 0 saturated heterocycles. The van der Waals surface area contributed by atoms with Crippen LogP contribution in [0.2, 0.25) is 0 Å². The lowest BCUT2D eigenvalue weighted by Crippen LogP contribution is -2.58. The second-order valence-corrected chi connectivity index (χ2v) is 7.97. The fraction of sp³-hybridized carbons (Fsp3) is 0.500. The topological polar surface area (TPSA) is 194 Å². The fourth-order valence-electron chi connectivity index (χ4n) is 2.99. The minimum Gasteiger partial charge on any atom is -0.480 e. The first-order valence-corrected chi connectivity index (χ1v) is 10.7. The molecule has 11 heteroatoms. The number of nitrogens with one attached hydrogen (secondary N) is 3. The zero-order valence-corrected chi connectivity index (χ0v) is 19.0. The first-order valence-electron chi connectivity index (χ1n) is 10.7. The Morgan fingerprint density at radius 2 is 1.55 bits per heavy atom. The van der Waals surface area contributed by atoms with Gasteiger partial charge in [-0.25, -0.2) is 4.79 Å². The lowest BCUT2D eigenvalue weighted by atomic mass is 9.97. The van der Waals surface area contributed by atoms with Gasteiger partial charge in [-0.05, 0) is 18.4 Å². The zero-order chi connectivity index (χ0) is 25.1. The molecule has 33 heavy (non-hydrogen) atoms. The standard InChI is InChI=1S/C22H33N5O6/c1-4-12(2)18(27-20(30)15(23)11-17(24)28)21(31)25-13(3)19(29)26-16(22(32)33)10-14-8-6-5-7-9-14/h5-9,12-13,15-16,18H,4,10-11,23H2,1-3H3,(H2,24,28)(H,25,31)(H,26,29)(H,27,30)(H,32,33). The SMILES string of the molecule is CCC(C)C(NC(=O)C(N)CC(N)=O)C(=O)NC(C)C(=O)NC(Cc1ccccc1)C(=O)O. The van der Waals surface area contributed by atoms with Crippen LogP contribution in [0.5, 0.6) is 0 Å². The van der Waals surface area contributed by atoms with Gasteiger partial charge in [0.05, 0.1) is 12.5 Å². The van der Waals surface area contributed by atoms with Gasteiger partial charge >= 0.3 is 5.97 Å². The molecule has 4 amide bonds. The molecule has 11 nitrogen and oxygen atoms in total. The molecule has 0 heterocycles. The van der Waals surface area contributed by atoms with E-state index < -0.39 is 53.8 Å². The van der Waals surface area contributed by atoms with Crippen molar-refractivity contribution in [3.05, 3.63) is 35.9 Å². The number of amides is 4. The second-order valence-electron chi connectivity index (χ2n) is 7.97. The van der Waals surface area contributed by atoms with E-state index in [0.29, 0.717) is 6.42 Å². The lowest BCUT2D eigenvalue weighted by molar-refractivity contribution is -0.142. The van der Waals surface area contributed by atoms with Gasteiger partial charge in [-0.3, -0.25) is 19.2 Å². The molecule has 0 aliphatic rings. The van der Waals surface area contributed by atoms with Crippen molar-refractivity contribution in [3.8, 4) is 0 Å². The monoisotopic (exact) mass is 463 g/mol. The third-order valence-corrected chi connectivity index (χ3v) is 5.20. The lowest BCUT2D eigenvalue weighted by Gasteiger charge is -2.26. The van der Waals surface area contributed by atoms with Crippen LogP contribution in [0, 0.1) is 5.92 Å². The van der Waals surface area contributed by atoms with Crippen LogP contribution in [-0.2, 0) is 30.4 Å². The summed E-state index contributed by atoms with van der Waals surface area (Å²) in [6.45, 7) is 4.95. The van der Waals surface area contributed by atoms with Gasteiger partial charge in [0.1, 0.15) is 18.1 Å². The Bertz CT molecular complexity index is 847. The first kappa shape index (κ1) is 27.6. The number of carbonyl (C=O) groups excluding carboxylic acids is 4. The molecule has 0 radical (unpaired) electrons. The Morgan fingerprint density at radius 3 is 2.06 bits per heavy atom. The molecule has 0 spiro atoms. The molecule has 0 aromatic heterocycles. The summed E-state index contributed by atoms with van der Waals surface area (Å²) in [6, 6.07) is 4.32. The summed E-state index contributed by atoms with van der Waals surface area (Å²) < 4.78 is 0. The van der Waals surface area contributed by atoms with E-state index in [-0.39, 0.29) is 18.8 Å². The van der Waals surface area contributed by atoms with E-state index >= 15 is 0 Å². The molecular weight excluding hydrogens is 430 g/mol. The van der Waals surface area contributed by atoms with E-state index in [9.17, 15) is 29.1 Å². The summed E-state index contributed by atoms with van der Waals surface area (Å²) >= 11 is 0. The van der Waals surface area contributed by atoms with Crippen LogP contribution < -0.4 is 27.4 Å². The maximum atomic E-state index is 12.8. The molecule has 1 rings (SSSR count). The molecule has 0 aliphatic carbocycles. The minimum atomic E-state index is -1.21. The van der Waals surface area contributed by atoms with Crippen molar-refractivity contribution in [2.75, 3.05) is 0 Å². The molecule has 0 saturated carbocycles. The maximum Gasteiger partial charge on any atom is 0.326 e. The summed E-state index contributed by atoms with van der Waals surface area (Å²) in [6.07, 6.45) is 0.228. The highest BCUT2D eigenvalue weighted by molar-refractivity contribution is 5.95. The van der Waals surface area contributed by atoms with E-state index in [1.807, 2.05) is 6.92 Å². The number of carboxylic acids is 1. The number of carboxylic acid groups (broad SMARTS) is 1. The minimum absolute atomic E-state index is 0.0753. The first-order chi connectivity index (χ1) is 15.5. The van der Waals surface area contributed by atoms with Gasteiger partial charge in [0.15, 0.2) is 0 Å². The second kappa shape index (κ2) is 13.2. The van der Waals surface area contributed by atoms with Crippen molar-refractivity contribution >= 4 is 29.6 Å². The fourth-order valence-corrected chi connectivity index (χ4v) is 2.99. The van der Waals surface area contributed by atoms with Gasteiger partial charge in [0.25, 0.3) is 0 Å². The van der Waals surface area contributed by atoms with Crippen molar-refractivity contribution in [2.45, 2.75) is 64.2 Å². The molecule has 8 N–H and O–H groups in total. The van der Waals surface area contributed by atoms with E-state index in [1.54, 1.807) is 37.3 Å². The van der Waals surface area contributed by atoms with Crippen molar-refractivity contribution in [1.29, 1.82) is 0 Å². The van der Waals surface area contributed by atoms with Crippen molar-refractivity contribution in [1.82, 2.24) is 16.0 Å². The van der Waals surface area contributed by atoms with Gasteiger partial charge in [-0.1, -0.05) is 50.6 Å². The molecule has 5 unspecified atom stereocenters. The van der Waals surface area contributed by atoms with Crippen molar-refractivity contribution in [3.63, 3.8) is 0 Å². The van der Waals surface area contributed by atoms with Crippen LogP contribution in [0.1, 0.15) is 39.2 Å². The van der Waals surface area contributed by atoms with E-state index in [1.165, 1.54) is 6.92 Å². The molecule has 5 atom stereocenters. The predicted octanol–water partition coefficient (Wildman–Crippen LogP) is -0.963. The number of benzene rings is 1. The molecule has 1 aromatic rings. The van der Waals surface area contributed by atoms with Crippen LogP contribution in [0.3, 0.4) is 0 Å². The van der Waals surface area contributed by atoms with Crippen LogP contribution in [-0.4, -0.2) is 58.9 Å². The zero-order valence-electron chi connectivity index (χ0n) is 19.0. The number of hydrogen-bond acceptors (Lipinski definition) is 6. The summed E-state index contributed by atoms with van der Waals surface area (Å²) in [7, 11) is 0. The number of hydrogen-bond donors (Lipinski definition) is 6. The van der Waals surface area contributed by atoms with Crippen LogP contribution in [0.25, 0.3) is 0 Å². The van der Waals surface area contributed by atoms with Crippen molar-refractivity contribution in [2.24, 2.45) is 17.4 Å². The number of carbonyl (C=O) groups is 5. The summed E-state index contributed by atoms with van der Waals surface area (Å²) in [5, 5.41) is 16.9. The van der Waals surface area contributed by atoms with Crippen LogP contribution in [0.4, 0.5) is 0 Å². The van der Waals surface area contributed by atoms with Gasteiger partial charge in [-0.15, -0.1) is 0 Å². The average molecular weight is 464 g/mol. The summed E-state index contributed by atoms with van der Waals surface area (Å²) in [5.74, 6) is -4.32. The van der Waals surface area contributed by atoms with Gasteiger partial charge in [0.2, 0.25) is 23.6 Å². The molecule has 1 aromatic carbocycles. The number of nitrogens with two attached hydrogens (primary N) is 2. The number of aliphatic carboxylic acids is 1. The maximum absolute atomic E-state index is 12.8. The van der Waals surface area contributed by atoms with Gasteiger partial charge in [0, 0.05) is 6.42 Å². The summed E-state index contributed by atoms with van der Waals surface area (Å²) in [4.78, 5) is 60.2. The Kier molecular flexibility index (Phi) is 11.0. The van der Waals surface area contributed by atoms with Gasteiger partial charge in [-0.2, -0.15) is 0 Å². The highest BCUT2D eigenvalue weighted by atomic mass is 16.4. The Morgan fingerprint density at radius 1 is 0.939 bits per heavy atom. The van der Waals surface area contributed by atoms with Crippen molar-refractivity contribution < 1.29 is 29.1 Å². The quantitative estimate of drug-likeness (QED) is 0.217. The largest absolute Gasteiger partial charge is 0.480 e. The highest BCUT2D eigenvalue weighted by Crippen LogP contribution is 2.09. The average Bonchev–Trinajstić information content (AvgIpc) is 2.76. The van der Waals surface area contributed by atoms with E-state index in [2.05, 4.69) is 16.0 Å². The molecular formula is C22H33N5O6. The Balaban J connectivity index is 2.80. The van der Waals surface area contributed by atoms with Crippen LogP contribution in [0.15, 0.2) is 30.3 Å². The normalized spacial score (nSPS) is 15.3. The number of primary amides is 1. The van der Waals surface area contributed by atoms with Gasteiger partial charge < -0.3 is 32.5 Å². The smallest absolute Gasteiger partial charge is 0.326 e. The molecule has 0 aliphatic heterocycles. The highest BCUT2D eigenvalue weighted by Gasteiger charge is 2.31. The third kappa shape index (κ3) is 9.27. The molecule has 182 valence electrons. The third-order valence-electron chi connectivity index (χ3n) is 5.20. The molecule has 0 bridgehead atoms. The summed E-state index contributed by atoms with van der Waals surface area (Å²) in [5.41, 5.74) is 11.4. The predicted molar refractivity (Wildman–Crippen MR) is 120 cm³/mol. The van der Waals surface area contributed by atoms with E-state index in [0.717, 1.165) is 5.56 Å². The van der Waals surface area contributed by atoms with E-state index in [4.69, 9.17) is 11.5 Å². The Hall–Kier alpha value is -3.47. The number of rotatable bonds is 13.